The standard InChI is InChI=1S/C14H18N2O2/c1-3-9-4-5-13-11(6-9)16-14(18-13)12-7-10(17-2)8-15-12/h4-6,10,12,15H,3,7-8H2,1-2H3. The largest absolute Gasteiger partial charge is 0.439 e. The van der Waals surface area contributed by atoms with Crippen LogP contribution in [0.15, 0.2) is 22.6 Å². The maximum atomic E-state index is 5.82. The highest BCUT2D eigenvalue weighted by atomic mass is 16.5. The van der Waals surface area contributed by atoms with Crippen molar-refractivity contribution >= 4 is 11.1 Å². The molecule has 0 aliphatic carbocycles. The summed E-state index contributed by atoms with van der Waals surface area (Å²) < 4.78 is 11.2. The fourth-order valence-electron chi connectivity index (χ4n) is 2.43. The molecular formula is C14H18N2O2. The fourth-order valence-corrected chi connectivity index (χ4v) is 2.43. The van der Waals surface area contributed by atoms with Gasteiger partial charge >= 0.3 is 0 Å². The minimum Gasteiger partial charge on any atom is -0.439 e. The van der Waals surface area contributed by atoms with E-state index in [1.54, 1.807) is 7.11 Å². The zero-order valence-electron chi connectivity index (χ0n) is 10.8. The van der Waals surface area contributed by atoms with Crippen molar-refractivity contribution < 1.29 is 9.15 Å². The summed E-state index contributed by atoms with van der Waals surface area (Å²) in [4.78, 5) is 4.59. The monoisotopic (exact) mass is 246 g/mol. The van der Waals surface area contributed by atoms with Gasteiger partial charge in [0.05, 0.1) is 12.1 Å². The van der Waals surface area contributed by atoms with Crippen molar-refractivity contribution in [1.82, 2.24) is 10.3 Å². The second-order valence-electron chi connectivity index (χ2n) is 4.76. The zero-order valence-corrected chi connectivity index (χ0v) is 10.8. The van der Waals surface area contributed by atoms with Gasteiger partial charge in [0.15, 0.2) is 5.58 Å². The molecule has 18 heavy (non-hydrogen) atoms. The molecule has 3 rings (SSSR count). The van der Waals surface area contributed by atoms with Gasteiger partial charge in [0.2, 0.25) is 5.89 Å². The quantitative estimate of drug-likeness (QED) is 0.903. The summed E-state index contributed by atoms with van der Waals surface area (Å²) in [5.74, 6) is 0.776. The number of fused-ring (bicyclic) bond motifs is 1. The molecule has 2 aromatic rings. The molecule has 0 saturated carbocycles. The normalized spacial score (nSPS) is 23.9. The van der Waals surface area contributed by atoms with Crippen LogP contribution in [-0.2, 0) is 11.2 Å². The Morgan fingerprint density at radius 1 is 1.50 bits per heavy atom. The summed E-state index contributed by atoms with van der Waals surface area (Å²) in [6.07, 6.45) is 2.20. The van der Waals surface area contributed by atoms with Gasteiger partial charge in [-0.3, -0.25) is 0 Å². The summed E-state index contributed by atoms with van der Waals surface area (Å²) >= 11 is 0. The topological polar surface area (TPSA) is 47.3 Å². The van der Waals surface area contributed by atoms with Crippen LogP contribution in [0.4, 0.5) is 0 Å². The molecule has 1 aromatic carbocycles. The van der Waals surface area contributed by atoms with Gasteiger partial charge in [-0.1, -0.05) is 13.0 Å². The minimum atomic E-state index is 0.174. The number of benzene rings is 1. The van der Waals surface area contributed by atoms with Gasteiger partial charge < -0.3 is 14.5 Å². The molecule has 1 aromatic heterocycles. The Balaban J connectivity index is 1.89. The van der Waals surface area contributed by atoms with E-state index >= 15 is 0 Å². The highest BCUT2D eigenvalue weighted by Gasteiger charge is 2.28. The smallest absolute Gasteiger partial charge is 0.212 e. The number of rotatable bonds is 3. The molecule has 2 atom stereocenters. The third-order valence-electron chi connectivity index (χ3n) is 3.60. The van der Waals surface area contributed by atoms with Gasteiger partial charge in [0, 0.05) is 13.7 Å². The molecule has 0 bridgehead atoms. The van der Waals surface area contributed by atoms with Gasteiger partial charge in [0.1, 0.15) is 5.52 Å². The first-order chi connectivity index (χ1) is 8.80. The molecule has 0 radical (unpaired) electrons. The second-order valence-corrected chi connectivity index (χ2v) is 4.76. The van der Waals surface area contributed by atoms with E-state index in [-0.39, 0.29) is 12.1 Å². The molecule has 2 unspecified atom stereocenters. The first kappa shape index (κ1) is 11.7. The van der Waals surface area contributed by atoms with E-state index in [9.17, 15) is 0 Å². The number of methoxy groups -OCH3 is 1. The lowest BCUT2D eigenvalue weighted by molar-refractivity contribution is 0.116. The number of nitrogens with zero attached hydrogens (tertiary/aromatic N) is 1. The maximum absolute atomic E-state index is 5.82. The van der Waals surface area contributed by atoms with E-state index in [2.05, 4.69) is 29.4 Å². The van der Waals surface area contributed by atoms with E-state index in [1.807, 2.05) is 6.07 Å². The number of aryl methyl sites for hydroxylation is 1. The first-order valence-electron chi connectivity index (χ1n) is 6.45. The van der Waals surface area contributed by atoms with Crippen LogP contribution in [0.25, 0.3) is 11.1 Å². The van der Waals surface area contributed by atoms with Gasteiger partial charge in [-0.2, -0.15) is 0 Å². The third kappa shape index (κ3) is 2.02. The Hall–Kier alpha value is -1.39. The predicted octanol–water partition coefficient (Wildman–Crippen LogP) is 2.44. The summed E-state index contributed by atoms with van der Waals surface area (Å²) in [7, 11) is 1.74. The van der Waals surface area contributed by atoms with Crippen molar-refractivity contribution in [2.45, 2.75) is 31.9 Å². The molecule has 96 valence electrons. The molecular weight excluding hydrogens is 228 g/mol. The molecule has 2 heterocycles. The molecule has 0 spiro atoms. The highest BCUT2D eigenvalue weighted by Crippen LogP contribution is 2.27. The van der Waals surface area contributed by atoms with Crippen molar-refractivity contribution in [2.24, 2.45) is 0 Å². The van der Waals surface area contributed by atoms with E-state index in [0.29, 0.717) is 0 Å². The lowest BCUT2D eigenvalue weighted by Gasteiger charge is -2.04. The van der Waals surface area contributed by atoms with E-state index in [1.165, 1.54) is 5.56 Å². The zero-order chi connectivity index (χ0) is 12.5. The Bertz CT molecular complexity index is 550. The lowest BCUT2D eigenvalue weighted by Crippen LogP contribution is -2.16. The van der Waals surface area contributed by atoms with Gasteiger partial charge in [-0.25, -0.2) is 4.98 Å². The molecule has 4 nitrogen and oxygen atoms in total. The SMILES string of the molecule is CCc1ccc2oc(C3CC(OC)CN3)nc2c1. The maximum Gasteiger partial charge on any atom is 0.212 e. The van der Waals surface area contributed by atoms with Crippen LogP contribution in [0, 0.1) is 0 Å². The number of nitrogens with one attached hydrogen (secondary N) is 1. The Morgan fingerprint density at radius 2 is 2.39 bits per heavy atom. The van der Waals surface area contributed by atoms with Crippen LogP contribution in [0.1, 0.15) is 30.8 Å². The van der Waals surface area contributed by atoms with E-state index < -0.39 is 0 Å². The molecule has 0 amide bonds. The highest BCUT2D eigenvalue weighted by molar-refractivity contribution is 5.73. The van der Waals surface area contributed by atoms with Crippen molar-refractivity contribution in [3.8, 4) is 0 Å². The Morgan fingerprint density at radius 3 is 3.11 bits per heavy atom. The van der Waals surface area contributed by atoms with Gasteiger partial charge in [0.25, 0.3) is 0 Å². The fraction of sp³-hybridized carbons (Fsp3) is 0.500. The third-order valence-corrected chi connectivity index (χ3v) is 3.60. The second kappa shape index (κ2) is 4.71. The summed E-state index contributed by atoms with van der Waals surface area (Å²) in [6, 6.07) is 6.38. The molecule has 4 heteroatoms. The molecule has 1 fully saturated rings. The minimum absolute atomic E-state index is 0.174. The number of oxazole rings is 1. The Labute approximate surface area is 106 Å². The van der Waals surface area contributed by atoms with E-state index in [4.69, 9.17) is 9.15 Å². The first-order valence-corrected chi connectivity index (χ1v) is 6.45. The van der Waals surface area contributed by atoms with E-state index in [0.717, 1.165) is 36.4 Å². The molecule has 1 saturated heterocycles. The number of aromatic nitrogens is 1. The summed E-state index contributed by atoms with van der Waals surface area (Å²) in [6.45, 7) is 3.00. The number of hydrogen-bond donors (Lipinski definition) is 1. The molecule has 1 N–H and O–H groups in total. The molecule has 1 aliphatic rings. The average molecular weight is 246 g/mol. The van der Waals surface area contributed by atoms with Crippen molar-refractivity contribution in [2.75, 3.05) is 13.7 Å². The Kier molecular flexibility index (Phi) is 3.06. The number of ether oxygens (including phenoxy) is 1. The summed E-state index contributed by atoms with van der Waals surface area (Å²) in [5.41, 5.74) is 3.10. The van der Waals surface area contributed by atoms with Crippen LogP contribution >= 0.6 is 0 Å². The van der Waals surface area contributed by atoms with Gasteiger partial charge in [-0.15, -0.1) is 0 Å². The molecule has 1 aliphatic heterocycles. The van der Waals surface area contributed by atoms with Crippen LogP contribution in [0.3, 0.4) is 0 Å². The predicted molar refractivity (Wildman–Crippen MR) is 69.5 cm³/mol. The van der Waals surface area contributed by atoms with Crippen molar-refractivity contribution in [1.29, 1.82) is 0 Å². The lowest BCUT2D eigenvalue weighted by atomic mass is 10.1. The number of hydrogen-bond acceptors (Lipinski definition) is 4. The summed E-state index contributed by atoms with van der Waals surface area (Å²) in [5, 5.41) is 3.38. The average Bonchev–Trinajstić information content (AvgIpc) is 3.03. The van der Waals surface area contributed by atoms with Crippen LogP contribution in [0.5, 0.6) is 0 Å². The van der Waals surface area contributed by atoms with Crippen LogP contribution in [0.2, 0.25) is 0 Å². The van der Waals surface area contributed by atoms with Gasteiger partial charge in [-0.05, 0) is 30.5 Å². The van der Waals surface area contributed by atoms with Crippen LogP contribution in [-0.4, -0.2) is 24.7 Å². The van der Waals surface area contributed by atoms with Crippen molar-refractivity contribution in [3.63, 3.8) is 0 Å². The van der Waals surface area contributed by atoms with Crippen molar-refractivity contribution in [3.05, 3.63) is 29.7 Å². The van der Waals surface area contributed by atoms with Crippen LogP contribution < -0.4 is 5.32 Å².